The molecule has 0 fully saturated rings. The molecular weight excluding hydrogens is 210 g/mol. The van der Waals surface area contributed by atoms with E-state index >= 15 is 0 Å². The van der Waals surface area contributed by atoms with Crippen LogP contribution in [-0.2, 0) is 10.0 Å². The van der Waals surface area contributed by atoms with Crippen molar-refractivity contribution in [2.45, 2.75) is 32.2 Å². The first-order valence-electron chi connectivity index (χ1n) is 5.12. The first-order chi connectivity index (χ1) is 7.05. The molecule has 1 atom stereocenters. The lowest BCUT2D eigenvalue weighted by atomic mass is 10.1. The summed E-state index contributed by atoms with van der Waals surface area (Å²) in [4.78, 5) is 0. The number of hydrogen-bond donors (Lipinski definition) is 1. The number of sulfonamides is 1. The topological polar surface area (TPSA) is 46.2 Å². The fraction of sp³-hybridized carbons (Fsp3) is 0.545. The Balaban J connectivity index is 4.08. The van der Waals surface area contributed by atoms with Gasteiger partial charge in [0.25, 0.3) is 0 Å². The summed E-state index contributed by atoms with van der Waals surface area (Å²) in [6.07, 6.45) is 7.94. The van der Waals surface area contributed by atoms with Crippen molar-refractivity contribution in [1.82, 2.24) is 4.72 Å². The SMILES string of the molecule is C=CCS(=O)(=O)NC([CH]CCCC)C=C. The molecule has 0 saturated heterocycles. The van der Waals surface area contributed by atoms with Crippen LogP contribution >= 0.6 is 0 Å². The summed E-state index contributed by atoms with van der Waals surface area (Å²) >= 11 is 0. The minimum atomic E-state index is -3.25. The molecule has 4 heteroatoms. The molecule has 0 aromatic rings. The first kappa shape index (κ1) is 14.4. The molecule has 1 N–H and O–H groups in total. The van der Waals surface area contributed by atoms with E-state index in [-0.39, 0.29) is 11.8 Å². The second-order valence-electron chi connectivity index (χ2n) is 3.33. The molecule has 0 aliphatic rings. The van der Waals surface area contributed by atoms with Crippen molar-refractivity contribution in [1.29, 1.82) is 0 Å². The smallest absolute Gasteiger partial charge is 0.212 e. The summed E-state index contributed by atoms with van der Waals surface area (Å²) in [5, 5.41) is 0. The van der Waals surface area contributed by atoms with Crippen molar-refractivity contribution in [3.63, 3.8) is 0 Å². The van der Waals surface area contributed by atoms with E-state index in [1.807, 2.05) is 6.42 Å². The van der Waals surface area contributed by atoms with Crippen molar-refractivity contribution in [2.24, 2.45) is 0 Å². The van der Waals surface area contributed by atoms with Crippen molar-refractivity contribution in [2.75, 3.05) is 5.75 Å². The van der Waals surface area contributed by atoms with E-state index < -0.39 is 10.0 Å². The Hall–Kier alpha value is -0.610. The molecule has 15 heavy (non-hydrogen) atoms. The summed E-state index contributed by atoms with van der Waals surface area (Å²) in [6.45, 7) is 9.10. The van der Waals surface area contributed by atoms with Crippen LogP contribution in [0.5, 0.6) is 0 Å². The molecule has 1 unspecified atom stereocenters. The molecule has 0 amide bonds. The van der Waals surface area contributed by atoms with Gasteiger partial charge in [-0.1, -0.05) is 31.9 Å². The van der Waals surface area contributed by atoms with Gasteiger partial charge in [0, 0.05) is 6.04 Å². The zero-order valence-corrected chi connectivity index (χ0v) is 10.1. The van der Waals surface area contributed by atoms with Gasteiger partial charge in [0.1, 0.15) is 0 Å². The van der Waals surface area contributed by atoms with E-state index in [9.17, 15) is 8.42 Å². The lowest BCUT2D eigenvalue weighted by Crippen LogP contribution is -2.34. The van der Waals surface area contributed by atoms with Crippen LogP contribution in [-0.4, -0.2) is 20.2 Å². The summed E-state index contributed by atoms with van der Waals surface area (Å²) < 4.78 is 25.3. The quantitative estimate of drug-likeness (QED) is 0.486. The van der Waals surface area contributed by atoms with Gasteiger partial charge in [-0.3, -0.25) is 0 Å². The molecule has 0 saturated carbocycles. The first-order valence-corrected chi connectivity index (χ1v) is 6.77. The standard InChI is InChI=1S/C11H20NO2S/c1-4-7-8-9-11(6-3)12-15(13,14)10-5-2/h5-6,9,11-12H,2-4,7-8,10H2,1H3. The summed E-state index contributed by atoms with van der Waals surface area (Å²) in [5.74, 6) is -0.0566. The minimum Gasteiger partial charge on any atom is -0.212 e. The predicted molar refractivity (Wildman–Crippen MR) is 64.9 cm³/mol. The molecule has 1 radical (unpaired) electrons. The number of unbranched alkanes of at least 4 members (excludes halogenated alkanes) is 2. The van der Waals surface area contributed by atoms with Gasteiger partial charge in [0.2, 0.25) is 10.0 Å². The molecule has 3 nitrogen and oxygen atoms in total. The van der Waals surface area contributed by atoms with Gasteiger partial charge in [-0.05, 0) is 12.8 Å². The molecule has 0 aromatic heterocycles. The van der Waals surface area contributed by atoms with Gasteiger partial charge in [-0.15, -0.1) is 13.2 Å². The predicted octanol–water partition coefficient (Wildman–Crippen LogP) is 2.04. The Morgan fingerprint density at radius 1 is 1.40 bits per heavy atom. The lowest BCUT2D eigenvalue weighted by molar-refractivity contribution is 0.577. The molecule has 87 valence electrons. The van der Waals surface area contributed by atoms with E-state index in [4.69, 9.17) is 0 Å². The Morgan fingerprint density at radius 3 is 2.53 bits per heavy atom. The number of nitrogens with one attached hydrogen (secondary N) is 1. The lowest BCUT2D eigenvalue weighted by Gasteiger charge is -2.13. The number of hydrogen-bond acceptors (Lipinski definition) is 2. The summed E-state index contributed by atoms with van der Waals surface area (Å²) in [7, 11) is -3.25. The molecule has 0 rings (SSSR count). The molecule has 0 aromatic carbocycles. The molecular formula is C11H20NO2S. The van der Waals surface area contributed by atoms with Crippen LogP contribution in [0, 0.1) is 6.42 Å². The minimum absolute atomic E-state index is 0.0566. The third-order valence-corrected chi connectivity index (χ3v) is 3.19. The summed E-state index contributed by atoms with van der Waals surface area (Å²) in [5.41, 5.74) is 0. The third-order valence-electron chi connectivity index (χ3n) is 1.89. The Bertz CT molecular complexity index is 283. The van der Waals surface area contributed by atoms with E-state index in [2.05, 4.69) is 24.8 Å². The largest absolute Gasteiger partial charge is 0.215 e. The van der Waals surface area contributed by atoms with Gasteiger partial charge >= 0.3 is 0 Å². The average Bonchev–Trinajstić information content (AvgIpc) is 2.16. The van der Waals surface area contributed by atoms with Gasteiger partial charge in [-0.2, -0.15) is 0 Å². The third kappa shape index (κ3) is 7.33. The fourth-order valence-corrected chi connectivity index (χ4v) is 2.12. The monoisotopic (exact) mass is 230 g/mol. The van der Waals surface area contributed by atoms with E-state index in [1.54, 1.807) is 6.08 Å². The Kier molecular flexibility index (Phi) is 7.34. The van der Waals surface area contributed by atoms with E-state index in [0.29, 0.717) is 0 Å². The van der Waals surface area contributed by atoms with Crippen LogP contribution in [0.3, 0.4) is 0 Å². The molecule has 0 bridgehead atoms. The fourth-order valence-electron chi connectivity index (χ4n) is 1.10. The van der Waals surface area contributed by atoms with E-state index in [0.717, 1.165) is 19.3 Å². The van der Waals surface area contributed by atoms with Crippen LogP contribution in [0.25, 0.3) is 0 Å². The van der Waals surface area contributed by atoms with Gasteiger partial charge < -0.3 is 0 Å². The molecule has 0 aliphatic carbocycles. The second-order valence-corrected chi connectivity index (χ2v) is 5.13. The zero-order valence-electron chi connectivity index (χ0n) is 9.28. The highest BCUT2D eigenvalue weighted by Gasteiger charge is 2.13. The van der Waals surface area contributed by atoms with Crippen LogP contribution in [0.2, 0.25) is 0 Å². The van der Waals surface area contributed by atoms with Crippen molar-refractivity contribution < 1.29 is 8.42 Å². The highest BCUT2D eigenvalue weighted by molar-refractivity contribution is 7.89. The summed E-state index contributed by atoms with van der Waals surface area (Å²) in [6, 6.07) is -0.276. The Morgan fingerprint density at radius 2 is 2.07 bits per heavy atom. The molecule has 0 heterocycles. The maximum Gasteiger partial charge on any atom is 0.215 e. The van der Waals surface area contributed by atoms with Gasteiger partial charge in [0.05, 0.1) is 5.75 Å². The van der Waals surface area contributed by atoms with Crippen molar-refractivity contribution in [3.8, 4) is 0 Å². The van der Waals surface area contributed by atoms with Crippen molar-refractivity contribution in [3.05, 3.63) is 31.7 Å². The normalized spacial score (nSPS) is 13.4. The van der Waals surface area contributed by atoms with Crippen LogP contribution < -0.4 is 4.72 Å². The Labute approximate surface area is 93.3 Å². The molecule has 0 spiro atoms. The molecule has 0 aliphatic heterocycles. The van der Waals surface area contributed by atoms with Gasteiger partial charge in [0.15, 0.2) is 0 Å². The average molecular weight is 230 g/mol. The number of rotatable bonds is 9. The second kappa shape index (κ2) is 7.65. The van der Waals surface area contributed by atoms with Gasteiger partial charge in [-0.25, -0.2) is 13.1 Å². The van der Waals surface area contributed by atoms with Crippen LogP contribution in [0.15, 0.2) is 25.3 Å². The van der Waals surface area contributed by atoms with Crippen LogP contribution in [0.1, 0.15) is 26.2 Å². The maximum absolute atomic E-state index is 11.4. The van der Waals surface area contributed by atoms with Crippen molar-refractivity contribution >= 4 is 10.0 Å². The highest BCUT2D eigenvalue weighted by atomic mass is 32.2. The zero-order chi connectivity index (χ0) is 11.7. The maximum atomic E-state index is 11.4. The van der Waals surface area contributed by atoms with Crippen LogP contribution in [0.4, 0.5) is 0 Å². The van der Waals surface area contributed by atoms with E-state index in [1.165, 1.54) is 6.08 Å². The highest BCUT2D eigenvalue weighted by Crippen LogP contribution is 2.04.